The minimum Gasteiger partial charge on any atom is -0.0956 e. The van der Waals surface area contributed by atoms with E-state index in [-0.39, 0.29) is 0 Å². The Hall–Kier alpha value is -0.520. The van der Waals surface area contributed by atoms with Crippen LogP contribution in [0.15, 0.2) is 23.8 Å². The van der Waals surface area contributed by atoms with Crippen molar-refractivity contribution in [3.05, 3.63) is 23.8 Å². The predicted octanol–water partition coefficient (Wildman–Crippen LogP) is 4.09. The summed E-state index contributed by atoms with van der Waals surface area (Å²) >= 11 is 0. The quantitative estimate of drug-likeness (QED) is 0.576. The first kappa shape index (κ1) is 9.57. The Morgan fingerprint density at radius 2 is 2.00 bits per heavy atom. The fourth-order valence-electron chi connectivity index (χ4n) is 1.62. The first-order valence-electron chi connectivity index (χ1n) is 5.07. The van der Waals surface area contributed by atoms with Crippen LogP contribution < -0.4 is 0 Å². The third-order valence-corrected chi connectivity index (χ3v) is 2.46. The summed E-state index contributed by atoms with van der Waals surface area (Å²) in [5.74, 6) is 0.784. The molecule has 0 aromatic rings. The van der Waals surface area contributed by atoms with Gasteiger partial charge < -0.3 is 0 Å². The molecule has 1 rings (SSSR count). The maximum Gasteiger partial charge on any atom is -0.0279 e. The van der Waals surface area contributed by atoms with Crippen molar-refractivity contribution < 1.29 is 0 Å². The Labute approximate surface area is 76.4 Å². The van der Waals surface area contributed by atoms with Crippen LogP contribution in [0.25, 0.3) is 0 Å². The molecule has 0 heteroatoms. The highest BCUT2D eigenvalue weighted by Gasteiger charge is 2.08. The second-order valence-corrected chi connectivity index (χ2v) is 4.17. The largest absolute Gasteiger partial charge is 0.0956 e. The molecule has 0 heterocycles. The van der Waals surface area contributed by atoms with E-state index in [2.05, 4.69) is 26.5 Å². The molecule has 1 saturated carbocycles. The van der Waals surface area contributed by atoms with E-state index in [1.165, 1.54) is 43.3 Å². The van der Waals surface area contributed by atoms with Gasteiger partial charge in [0.1, 0.15) is 0 Å². The summed E-state index contributed by atoms with van der Waals surface area (Å²) in [5.41, 5.74) is 2.93. The topological polar surface area (TPSA) is 0 Å². The van der Waals surface area contributed by atoms with Crippen molar-refractivity contribution in [1.29, 1.82) is 0 Å². The molecule has 0 radical (unpaired) electrons. The molecule has 1 aliphatic rings. The molecule has 68 valence electrons. The maximum absolute atomic E-state index is 4.11. The van der Waals surface area contributed by atoms with Crippen LogP contribution in [0, 0.1) is 5.92 Å². The van der Waals surface area contributed by atoms with E-state index in [1.54, 1.807) is 0 Å². The zero-order valence-corrected chi connectivity index (χ0v) is 8.40. The first-order valence-corrected chi connectivity index (χ1v) is 5.07. The summed E-state index contributed by atoms with van der Waals surface area (Å²) in [5, 5.41) is 0. The van der Waals surface area contributed by atoms with Gasteiger partial charge in [-0.25, -0.2) is 0 Å². The summed E-state index contributed by atoms with van der Waals surface area (Å²) in [7, 11) is 0. The van der Waals surface area contributed by atoms with Gasteiger partial charge in [0.15, 0.2) is 0 Å². The summed E-state index contributed by atoms with van der Waals surface area (Å²) < 4.78 is 0. The van der Waals surface area contributed by atoms with Crippen LogP contribution in [0.1, 0.15) is 46.0 Å². The molecule has 0 N–H and O–H groups in total. The lowest BCUT2D eigenvalue weighted by Gasteiger charge is -2.17. The second kappa shape index (κ2) is 4.49. The Bertz CT molecular complexity index is 184. The fourth-order valence-corrected chi connectivity index (χ4v) is 1.62. The number of hydrogen-bond donors (Lipinski definition) is 0. The molecule has 0 nitrogen and oxygen atoms in total. The molecule has 0 bridgehead atoms. The summed E-state index contributed by atoms with van der Waals surface area (Å²) in [4.78, 5) is 0. The average Bonchev–Trinajstić information content (AvgIpc) is 2.03. The van der Waals surface area contributed by atoms with Gasteiger partial charge in [-0.15, -0.1) is 0 Å². The lowest BCUT2D eigenvalue weighted by molar-refractivity contribution is 0.642. The van der Waals surface area contributed by atoms with Gasteiger partial charge >= 0.3 is 0 Å². The van der Waals surface area contributed by atoms with Gasteiger partial charge in [0, 0.05) is 0 Å². The van der Waals surface area contributed by atoms with Crippen LogP contribution in [-0.4, -0.2) is 0 Å². The van der Waals surface area contributed by atoms with E-state index in [1.807, 2.05) is 0 Å². The SMILES string of the molecule is C=C1CCCC/C1=C\CC(C)C. The Morgan fingerprint density at radius 3 is 2.58 bits per heavy atom. The van der Waals surface area contributed by atoms with E-state index in [0.29, 0.717) is 0 Å². The molecule has 0 aliphatic heterocycles. The first-order chi connectivity index (χ1) is 5.70. The molecule has 12 heavy (non-hydrogen) atoms. The van der Waals surface area contributed by atoms with Gasteiger partial charge in [0.2, 0.25) is 0 Å². The molecule has 0 saturated heterocycles. The second-order valence-electron chi connectivity index (χ2n) is 4.17. The summed E-state index contributed by atoms with van der Waals surface area (Å²) in [6, 6.07) is 0. The van der Waals surface area contributed by atoms with E-state index in [9.17, 15) is 0 Å². The van der Waals surface area contributed by atoms with Crippen LogP contribution in [0.4, 0.5) is 0 Å². The monoisotopic (exact) mass is 164 g/mol. The highest BCUT2D eigenvalue weighted by molar-refractivity contribution is 5.29. The molecule has 0 spiro atoms. The van der Waals surface area contributed by atoms with Gasteiger partial charge in [-0.3, -0.25) is 0 Å². The van der Waals surface area contributed by atoms with Crippen LogP contribution in [-0.2, 0) is 0 Å². The van der Waals surface area contributed by atoms with Crippen molar-refractivity contribution in [1.82, 2.24) is 0 Å². The molecule has 0 aromatic carbocycles. The minimum atomic E-state index is 0.784. The van der Waals surface area contributed by atoms with E-state index < -0.39 is 0 Å². The molecule has 0 aromatic heterocycles. The van der Waals surface area contributed by atoms with E-state index >= 15 is 0 Å². The van der Waals surface area contributed by atoms with Crippen LogP contribution in [0.5, 0.6) is 0 Å². The number of rotatable bonds is 2. The van der Waals surface area contributed by atoms with Crippen molar-refractivity contribution in [2.45, 2.75) is 46.0 Å². The summed E-state index contributed by atoms with van der Waals surface area (Å²) in [6.07, 6.45) is 8.82. The molecule has 1 fully saturated rings. The molecular formula is C12H20. The number of hydrogen-bond acceptors (Lipinski definition) is 0. The fraction of sp³-hybridized carbons (Fsp3) is 0.667. The van der Waals surface area contributed by atoms with Crippen LogP contribution in [0.2, 0.25) is 0 Å². The molecule has 0 amide bonds. The standard InChI is InChI=1S/C12H20/c1-10(2)8-9-12-7-5-4-6-11(12)3/h9-10H,3-8H2,1-2H3/b12-9+. The van der Waals surface area contributed by atoms with Crippen molar-refractivity contribution in [3.8, 4) is 0 Å². The zero-order valence-electron chi connectivity index (χ0n) is 8.40. The Kier molecular flexibility index (Phi) is 3.58. The van der Waals surface area contributed by atoms with Crippen molar-refractivity contribution in [3.63, 3.8) is 0 Å². The summed E-state index contributed by atoms with van der Waals surface area (Å²) in [6.45, 7) is 8.64. The van der Waals surface area contributed by atoms with Crippen molar-refractivity contribution in [2.24, 2.45) is 5.92 Å². The molecular weight excluding hydrogens is 144 g/mol. The molecule has 0 atom stereocenters. The normalized spacial score (nSPS) is 22.2. The molecule has 0 unspecified atom stereocenters. The lowest BCUT2D eigenvalue weighted by atomic mass is 9.89. The van der Waals surface area contributed by atoms with E-state index in [4.69, 9.17) is 0 Å². The predicted molar refractivity (Wildman–Crippen MR) is 55.1 cm³/mol. The maximum atomic E-state index is 4.11. The third kappa shape index (κ3) is 2.84. The highest BCUT2D eigenvalue weighted by Crippen LogP contribution is 2.27. The molecule has 1 aliphatic carbocycles. The van der Waals surface area contributed by atoms with Gasteiger partial charge in [-0.05, 0) is 43.6 Å². The minimum absolute atomic E-state index is 0.784. The number of allylic oxidation sites excluding steroid dienone is 3. The third-order valence-electron chi connectivity index (χ3n) is 2.46. The van der Waals surface area contributed by atoms with Gasteiger partial charge in [-0.2, -0.15) is 0 Å². The zero-order chi connectivity index (χ0) is 8.97. The van der Waals surface area contributed by atoms with Crippen LogP contribution >= 0.6 is 0 Å². The van der Waals surface area contributed by atoms with Crippen LogP contribution in [0.3, 0.4) is 0 Å². The van der Waals surface area contributed by atoms with Crippen molar-refractivity contribution >= 4 is 0 Å². The average molecular weight is 164 g/mol. The smallest absolute Gasteiger partial charge is 0.0279 e. The lowest BCUT2D eigenvalue weighted by Crippen LogP contribution is -1.98. The van der Waals surface area contributed by atoms with Gasteiger partial charge in [-0.1, -0.05) is 32.1 Å². The Balaban J connectivity index is 2.47. The Morgan fingerprint density at radius 1 is 1.33 bits per heavy atom. The highest BCUT2D eigenvalue weighted by atomic mass is 14.1. The van der Waals surface area contributed by atoms with Gasteiger partial charge in [0.05, 0.1) is 0 Å². The van der Waals surface area contributed by atoms with E-state index in [0.717, 1.165) is 5.92 Å². The van der Waals surface area contributed by atoms with Gasteiger partial charge in [0.25, 0.3) is 0 Å². The van der Waals surface area contributed by atoms with Crippen molar-refractivity contribution in [2.75, 3.05) is 0 Å².